The lowest BCUT2D eigenvalue weighted by molar-refractivity contribution is -0.385. The zero-order valence-electron chi connectivity index (χ0n) is 10.1. The standard InChI is InChI=1S/C12H11FN4O2/c1-8(12-7-14-2-3-15-12)16-10-4-9(13)5-11(6-10)17(18)19/h2-8,16H,1H3. The molecule has 0 saturated carbocycles. The van der Waals surface area contributed by atoms with Crippen LogP contribution in [0.5, 0.6) is 0 Å². The second kappa shape index (κ2) is 5.38. The van der Waals surface area contributed by atoms with Crippen molar-refractivity contribution >= 4 is 11.4 Å². The fourth-order valence-electron chi connectivity index (χ4n) is 1.62. The first kappa shape index (κ1) is 12.9. The second-order valence-corrected chi connectivity index (χ2v) is 3.95. The van der Waals surface area contributed by atoms with Gasteiger partial charge in [0.15, 0.2) is 0 Å². The molecule has 1 aromatic carbocycles. The average molecular weight is 262 g/mol. The molecule has 0 saturated heterocycles. The Bertz CT molecular complexity index is 592. The largest absolute Gasteiger partial charge is 0.377 e. The number of nitrogens with one attached hydrogen (secondary N) is 1. The molecule has 1 heterocycles. The Balaban J connectivity index is 2.21. The van der Waals surface area contributed by atoms with Gasteiger partial charge in [0.2, 0.25) is 0 Å². The zero-order chi connectivity index (χ0) is 13.8. The van der Waals surface area contributed by atoms with Crippen molar-refractivity contribution in [1.82, 2.24) is 9.97 Å². The van der Waals surface area contributed by atoms with E-state index in [-0.39, 0.29) is 11.7 Å². The van der Waals surface area contributed by atoms with Crippen LogP contribution in [0.4, 0.5) is 15.8 Å². The molecule has 0 bridgehead atoms. The van der Waals surface area contributed by atoms with Gasteiger partial charge in [0, 0.05) is 24.1 Å². The van der Waals surface area contributed by atoms with Gasteiger partial charge in [0.05, 0.1) is 28.9 Å². The van der Waals surface area contributed by atoms with E-state index in [9.17, 15) is 14.5 Å². The fourth-order valence-corrected chi connectivity index (χ4v) is 1.62. The van der Waals surface area contributed by atoms with E-state index in [4.69, 9.17) is 0 Å². The van der Waals surface area contributed by atoms with Crippen molar-refractivity contribution in [3.05, 3.63) is 58.4 Å². The molecule has 0 aliphatic carbocycles. The summed E-state index contributed by atoms with van der Waals surface area (Å²) in [6.07, 6.45) is 4.66. The minimum absolute atomic E-state index is 0.241. The average Bonchev–Trinajstić information content (AvgIpc) is 2.39. The van der Waals surface area contributed by atoms with Gasteiger partial charge in [-0.3, -0.25) is 20.1 Å². The van der Waals surface area contributed by atoms with E-state index in [1.807, 2.05) is 0 Å². The van der Waals surface area contributed by atoms with E-state index in [1.165, 1.54) is 12.1 Å². The second-order valence-electron chi connectivity index (χ2n) is 3.95. The summed E-state index contributed by atoms with van der Waals surface area (Å²) in [7, 11) is 0. The van der Waals surface area contributed by atoms with Crippen LogP contribution in [0, 0.1) is 15.9 Å². The number of nitro benzene ring substituents is 1. The maximum absolute atomic E-state index is 13.3. The summed E-state index contributed by atoms with van der Waals surface area (Å²) in [5.41, 5.74) is 0.688. The highest BCUT2D eigenvalue weighted by Crippen LogP contribution is 2.23. The van der Waals surface area contributed by atoms with Gasteiger partial charge in [-0.25, -0.2) is 4.39 Å². The minimum atomic E-state index is -0.664. The smallest absolute Gasteiger partial charge is 0.274 e. The third kappa shape index (κ3) is 3.21. The molecule has 0 fully saturated rings. The van der Waals surface area contributed by atoms with E-state index in [1.54, 1.807) is 25.5 Å². The summed E-state index contributed by atoms with van der Waals surface area (Å²) in [6.45, 7) is 1.81. The molecule has 1 unspecified atom stereocenters. The molecular formula is C12H11FN4O2. The van der Waals surface area contributed by atoms with Crippen LogP contribution in [0.15, 0.2) is 36.8 Å². The highest BCUT2D eigenvalue weighted by atomic mass is 19.1. The third-order valence-corrected chi connectivity index (χ3v) is 2.50. The fraction of sp³-hybridized carbons (Fsp3) is 0.167. The van der Waals surface area contributed by atoms with Gasteiger partial charge >= 0.3 is 0 Å². The number of hydrogen-bond donors (Lipinski definition) is 1. The maximum atomic E-state index is 13.3. The Labute approximate surface area is 108 Å². The van der Waals surface area contributed by atoms with Gasteiger partial charge in [-0.2, -0.15) is 0 Å². The molecule has 0 spiro atoms. The normalized spacial score (nSPS) is 11.9. The van der Waals surface area contributed by atoms with Gasteiger partial charge < -0.3 is 5.32 Å². The van der Waals surface area contributed by atoms with Gasteiger partial charge in [-0.15, -0.1) is 0 Å². The summed E-state index contributed by atoms with van der Waals surface area (Å²) in [4.78, 5) is 18.0. The van der Waals surface area contributed by atoms with Crippen LogP contribution in [-0.2, 0) is 0 Å². The van der Waals surface area contributed by atoms with Gasteiger partial charge in [-0.1, -0.05) is 0 Å². The van der Waals surface area contributed by atoms with E-state index in [2.05, 4.69) is 15.3 Å². The Morgan fingerprint density at radius 3 is 2.79 bits per heavy atom. The molecule has 19 heavy (non-hydrogen) atoms. The Morgan fingerprint density at radius 2 is 2.16 bits per heavy atom. The number of aromatic nitrogens is 2. The quantitative estimate of drug-likeness (QED) is 0.676. The van der Waals surface area contributed by atoms with Crippen molar-refractivity contribution < 1.29 is 9.31 Å². The maximum Gasteiger partial charge on any atom is 0.274 e. The van der Waals surface area contributed by atoms with Crippen molar-refractivity contribution in [1.29, 1.82) is 0 Å². The van der Waals surface area contributed by atoms with Crippen LogP contribution in [0.3, 0.4) is 0 Å². The molecular weight excluding hydrogens is 251 g/mol. The lowest BCUT2D eigenvalue weighted by Gasteiger charge is -2.14. The summed E-state index contributed by atoms with van der Waals surface area (Å²) in [5, 5.41) is 13.6. The van der Waals surface area contributed by atoms with Crippen LogP contribution in [-0.4, -0.2) is 14.9 Å². The topological polar surface area (TPSA) is 81.0 Å². The SMILES string of the molecule is CC(Nc1cc(F)cc([N+](=O)[O-])c1)c1cnccn1. The first-order chi connectivity index (χ1) is 9.06. The number of non-ortho nitro benzene ring substituents is 1. The van der Waals surface area contributed by atoms with Crippen molar-refractivity contribution in [2.24, 2.45) is 0 Å². The molecule has 1 aromatic heterocycles. The van der Waals surface area contributed by atoms with Crippen LogP contribution in [0.25, 0.3) is 0 Å². The number of nitrogens with zero attached hydrogens (tertiary/aromatic N) is 3. The minimum Gasteiger partial charge on any atom is -0.377 e. The Morgan fingerprint density at radius 1 is 1.37 bits per heavy atom. The number of rotatable bonds is 4. The van der Waals surface area contributed by atoms with E-state index >= 15 is 0 Å². The number of hydrogen-bond acceptors (Lipinski definition) is 5. The molecule has 1 N–H and O–H groups in total. The van der Waals surface area contributed by atoms with Crippen molar-refractivity contribution in [2.75, 3.05) is 5.32 Å². The Hall–Kier alpha value is -2.57. The molecule has 0 amide bonds. The number of anilines is 1. The van der Waals surface area contributed by atoms with Crippen LogP contribution in [0.2, 0.25) is 0 Å². The van der Waals surface area contributed by atoms with Crippen LogP contribution < -0.4 is 5.32 Å². The summed E-state index contributed by atoms with van der Waals surface area (Å²) in [5.74, 6) is -0.664. The molecule has 1 atom stereocenters. The predicted octanol–water partition coefficient (Wildman–Crippen LogP) is 2.70. The molecule has 2 rings (SSSR count). The summed E-state index contributed by atoms with van der Waals surface area (Å²) >= 11 is 0. The summed E-state index contributed by atoms with van der Waals surface area (Å²) < 4.78 is 13.3. The van der Waals surface area contributed by atoms with Crippen molar-refractivity contribution in [3.63, 3.8) is 0 Å². The van der Waals surface area contributed by atoms with Crippen LogP contribution >= 0.6 is 0 Å². The summed E-state index contributed by atoms with van der Waals surface area (Å²) in [6, 6.07) is 3.10. The predicted molar refractivity (Wildman–Crippen MR) is 67.1 cm³/mol. The van der Waals surface area contributed by atoms with E-state index < -0.39 is 10.7 Å². The van der Waals surface area contributed by atoms with Gasteiger partial charge in [0.25, 0.3) is 5.69 Å². The van der Waals surface area contributed by atoms with Crippen LogP contribution in [0.1, 0.15) is 18.7 Å². The van der Waals surface area contributed by atoms with Gasteiger partial charge in [0.1, 0.15) is 5.82 Å². The number of halogens is 1. The molecule has 0 aliphatic rings. The number of nitro groups is 1. The first-order valence-electron chi connectivity index (χ1n) is 5.53. The Kier molecular flexibility index (Phi) is 3.65. The lowest BCUT2D eigenvalue weighted by Crippen LogP contribution is -2.09. The van der Waals surface area contributed by atoms with E-state index in [0.29, 0.717) is 11.4 Å². The van der Waals surface area contributed by atoms with Gasteiger partial charge in [-0.05, 0) is 13.0 Å². The molecule has 0 aliphatic heterocycles. The molecule has 2 aromatic rings. The number of benzene rings is 1. The molecule has 0 radical (unpaired) electrons. The first-order valence-corrected chi connectivity index (χ1v) is 5.53. The lowest BCUT2D eigenvalue weighted by atomic mass is 10.2. The third-order valence-electron chi connectivity index (χ3n) is 2.50. The van der Waals surface area contributed by atoms with Crippen molar-refractivity contribution in [2.45, 2.75) is 13.0 Å². The highest BCUT2D eigenvalue weighted by molar-refractivity contribution is 5.52. The highest BCUT2D eigenvalue weighted by Gasteiger charge is 2.12. The molecule has 98 valence electrons. The monoisotopic (exact) mass is 262 g/mol. The van der Waals surface area contributed by atoms with Crippen molar-refractivity contribution in [3.8, 4) is 0 Å². The van der Waals surface area contributed by atoms with E-state index in [0.717, 1.165) is 6.07 Å². The zero-order valence-corrected chi connectivity index (χ0v) is 10.1. The molecule has 6 nitrogen and oxygen atoms in total. The molecule has 7 heteroatoms.